The van der Waals surface area contributed by atoms with E-state index in [2.05, 4.69) is 11.9 Å². The number of anilines is 1. The molecule has 1 aromatic carbocycles. The third-order valence-corrected chi connectivity index (χ3v) is 2.22. The van der Waals surface area contributed by atoms with E-state index in [0.717, 1.165) is 17.1 Å². The summed E-state index contributed by atoms with van der Waals surface area (Å²) in [5.41, 5.74) is 9.80. The summed E-state index contributed by atoms with van der Waals surface area (Å²) in [4.78, 5) is 4.19. The molecular weight excluding hydrogens is 174 g/mol. The Morgan fingerprint density at radius 3 is 2.71 bits per heavy atom. The number of nitrogen functional groups attached to an aromatic ring is 1. The van der Waals surface area contributed by atoms with E-state index in [1.54, 1.807) is 6.33 Å². The van der Waals surface area contributed by atoms with Crippen molar-refractivity contribution >= 4 is 5.69 Å². The van der Waals surface area contributed by atoms with Crippen LogP contribution in [-0.4, -0.2) is 9.55 Å². The Kier molecular flexibility index (Phi) is 2.00. The van der Waals surface area contributed by atoms with E-state index in [4.69, 9.17) is 5.73 Å². The molecule has 0 saturated carbocycles. The molecule has 72 valence electrons. The van der Waals surface area contributed by atoms with Crippen molar-refractivity contribution in [2.45, 2.75) is 13.8 Å². The van der Waals surface area contributed by atoms with Crippen LogP contribution in [0.5, 0.6) is 0 Å². The van der Waals surface area contributed by atoms with Crippen LogP contribution in [0.15, 0.2) is 30.7 Å². The normalized spacial score (nSPS) is 10.4. The van der Waals surface area contributed by atoms with Gasteiger partial charge in [-0.1, -0.05) is 6.07 Å². The monoisotopic (exact) mass is 187 g/mol. The van der Waals surface area contributed by atoms with Gasteiger partial charge in [-0.2, -0.15) is 0 Å². The molecule has 14 heavy (non-hydrogen) atoms. The fourth-order valence-electron chi connectivity index (χ4n) is 1.46. The molecule has 0 fully saturated rings. The number of rotatable bonds is 1. The zero-order valence-electron chi connectivity index (χ0n) is 8.36. The second-order valence-corrected chi connectivity index (χ2v) is 3.47. The van der Waals surface area contributed by atoms with Crippen molar-refractivity contribution < 1.29 is 0 Å². The molecule has 2 rings (SSSR count). The number of benzene rings is 1. The molecule has 0 aliphatic carbocycles. The molecule has 0 bridgehead atoms. The third kappa shape index (κ3) is 1.48. The highest BCUT2D eigenvalue weighted by Gasteiger charge is 2.01. The molecule has 0 amide bonds. The Morgan fingerprint density at radius 2 is 2.07 bits per heavy atom. The lowest BCUT2D eigenvalue weighted by Gasteiger charge is -2.06. The summed E-state index contributed by atoms with van der Waals surface area (Å²) in [6, 6.07) is 5.87. The maximum absolute atomic E-state index is 5.74. The fourth-order valence-corrected chi connectivity index (χ4v) is 1.46. The molecule has 1 heterocycles. The highest BCUT2D eigenvalue weighted by molar-refractivity contribution is 5.52. The highest BCUT2D eigenvalue weighted by Crippen LogP contribution is 2.17. The Hall–Kier alpha value is -1.77. The minimum Gasteiger partial charge on any atom is -0.399 e. The number of hydrogen-bond donors (Lipinski definition) is 1. The molecular formula is C11H13N3. The molecule has 0 radical (unpaired) electrons. The van der Waals surface area contributed by atoms with E-state index in [1.807, 2.05) is 35.9 Å². The molecule has 0 spiro atoms. The Bertz CT molecular complexity index is 457. The second kappa shape index (κ2) is 3.18. The van der Waals surface area contributed by atoms with Gasteiger partial charge in [0, 0.05) is 11.9 Å². The first kappa shape index (κ1) is 8.81. The molecule has 1 aromatic heterocycles. The SMILES string of the molecule is Cc1cn(-c2cc(N)ccc2C)cn1. The van der Waals surface area contributed by atoms with E-state index in [-0.39, 0.29) is 0 Å². The smallest absolute Gasteiger partial charge is 0.0995 e. The van der Waals surface area contributed by atoms with Gasteiger partial charge in [0.1, 0.15) is 0 Å². The zero-order valence-corrected chi connectivity index (χ0v) is 8.36. The van der Waals surface area contributed by atoms with Crippen molar-refractivity contribution in [1.29, 1.82) is 0 Å². The Labute approximate surface area is 83.2 Å². The van der Waals surface area contributed by atoms with Crippen LogP contribution in [0.3, 0.4) is 0 Å². The third-order valence-electron chi connectivity index (χ3n) is 2.22. The molecule has 0 unspecified atom stereocenters. The predicted molar refractivity (Wildman–Crippen MR) is 57.5 cm³/mol. The van der Waals surface area contributed by atoms with Crippen LogP contribution in [0.25, 0.3) is 5.69 Å². The highest BCUT2D eigenvalue weighted by atomic mass is 15.0. The number of hydrogen-bond acceptors (Lipinski definition) is 2. The first-order valence-corrected chi connectivity index (χ1v) is 4.54. The van der Waals surface area contributed by atoms with Crippen molar-refractivity contribution in [3.63, 3.8) is 0 Å². The van der Waals surface area contributed by atoms with Gasteiger partial charge in [-0.3, -0.25) is 0 Å². The predicted octanol–water partition coefficient (Wildman–Crippen LogP) is 2.07. The first-order valence-electron chi connectivity index (χ1n) is 4.54. The maximum atomic E-state index is 5.74. The van der Waals surface area contributed by atoms with Crippen LogP contribution in [0.2, 0.25) is 0 Å². The molecule has 0 atom stereocenters. The van der Waals surface area contributed by atoms with Crippen LogP contribution in [-0.2, 0) is 0 Å². The van der Waals surface area contributed by atoms with Crippen molar-refractivity contribution in [2.24, 2.45) is 0 Å². The van der Waals surface area contributed by atoms with Crippen LogP contribution >= 0.6 is 0 Å². The maximum Gasteiger partial charge on any atom is 0.0995 e. The number of nitrogens with zero attached hydrogens (tertiary/aromatic N) is 2. The average Bonchev–Trinajstić information content (AvgIpc) is 2.56. The summed E-state index contributed by atoms with van der Waals surface area (Å²) >= 11 is 0. The first-order chi connectivity index (χ1) is 6.66. The van der Waals surface area contributed by atoms with Crippen molar-refractivity contribution in [2.75, 3.05) is 5.73 Å². The van der Waals surface area contributed by atoms with Gasteiger partial charge in [0.2, 0.25) is 0 Å². The molecule has 0 saturated heterocycles. The van der Waals surface area contributed by atoms with Gasteiger partial charge in [-0.05, 0) is 31.5 Å². The van der Waals surface area contributed by atoms with E-state index in [9.17, 15) is 0 Å². The summed E-state index contributed by atoms with van der Waals surface area (Å²) in [7, 11) is 0. The fraction of sp³-hybridized carbons (Fsp3) is 0.182. The number of aromatic nitrogens is 2. The minimum atomic E-state index is 0.775. The van der Waals surface area contributed by atoms with Gasteiger partial charge < -0.3 is 10.3 Å². The standard InChI is InChI=1S/C11H13N3/c1-8-3-4-10(12)5-11(8)14-6-9(2)13-7-14/h3-7H,12H2,1-2H3. The van der Waals surface area contributed by atoms with Crippen LogP contribution < -0.4 is 5.73 Å². The van der Waals surface area contributed by atoms with Crippen molar-refractivity contribution in [3.05, 3.63) is 42.0 Å². The minimum absolute atomic E-state index is 0.775. The lowest BCUT2D eigenvalue weighted by atomic mass is 10.2. The summed E-state index contributed by atoms with van der Waals surface area (Å²) in [6.07, 6.45) is 3.79. The van der Waals surface area contributed by atoms with Gasteiger partial charge in [0.15, 0.2) is 0 Å². The van der Waals surface area contributed by atoms with Gasteiger partial charge in [0.05, 0.1) is 17.7 Å². The Morgan fingerprint density at radius 1 is 1.29 bits per heavy atom. The molecule has 3 heteroatoms. The zero-order chi connectivity index (χ0) is 10.1. The number of nitrogens with two attached hydrogens (primary N) is 1. The lowest BCUT2D eigenvalue weighted by Crippen LogP contribution is -1.95. The van der Waals surface area contributed by atoms with Gasteiger partial charge in [-0.25, -0.2) is 4.98 Å². The van der Waals surface area contributed by atoms with Crippen LogP contribution in [0, 0.1) is 13.8 Å². The molecule has 0 aliphatic heterocycles. The van der Waals surface area contributed by atoms with E-state index < -0.39 is 0 Å². The number of aryl methyl sites for hydroxylation is 2. The molecule has 2 N–H and O–H groups in total. The summed E-state index contributed by atoms with van der Waals surface area (Å²) in [5, 5.41) is 0. The van der Waals surface area contributed by atoms with Crippen LogP contribution in [0.1, 0.15) is 11.3 Å². The topological polar surface area (TPSA) is 43.8 Å². The van der Waals surface area contributed by atoms with E-state index in [1.165, 1.54) is 5.56 Å². The van der Waals surface area contributed by atoms with E-state index >= 15 is 0 Å². The Balaban J connectivity index is 2.55. The van der Waals surface area contributed by atoms with Gasteiger partial charge in [-0.15, -0.1) is 0 Å². The molecule has 2 aromatic rings. The summed E-state index contributed by atoms with van der Waals surface area (Å²) < 4.78 is 1.99. The van der Waals surface area contributed by atoms with E-state index in [0.29, 0.717) is 0 Å². The molecule has 0 aliphatic rings. The van der Waals surface area contributed by atoms with Crippen LogP contribution in [0.4, 0.5) is 5.69 Å². The largest absolute Gasteiger partial charge is 0.399 e. The lowest BCUT2D eigenvalue weighted by molar-refractivity contribution is 1.04. The van der Waals surface area contributed by atoms with Crippen molar-refractivity contribution in [1.82, 2.24) is 9.55 Å². The second-order valence-electron chi connectivity index (χ2n) is 3.47. The molecule has 3 nitrogen and oxygen atoms in total. The average molecular weight is 187 g/mol. The summed E-state index contributed by atoms with van der Waals surface area (Å²) in [6.45, 7) is 4.03. The van der Waals surface area contributed by atoms with Gasteiger partial charge in [0.25, 0.3) is 0 Å². The number of imidazole rings is 1. The summed E-state index contributed by atoms with van der Waals surface area (Å²) in [5.74, 6) is 0. The quantitative estimate of drug-likeness (QED) is 0.694. The van der Waals surface area contributed by atoms with Crippen molar-refractivity contribution in [3.8, 4) is 5.69 Å². The van der Waals surface area contributed by atoms with Gasteiger partial charge >= 0.3 is 0 Å².